The van der Waals surface area contributed by atoms with Crippen molar-refractivity contribution in [1.82, 2.24) is 10.2 Å². The van der Waals surface area contributed by atoms with Gasteiger partial charge in [-0.2, -0.15) is 0 Å². The number of rotatable bonds is 8. The molecular weight excluding hydrogens is 410 g/mol. The van der Waals surface area contributed by atoms with Crippen LogP contribution in [0, 0.1) is 6.92 Å². The highest BCUT2D eigenvalue weighted by Crippen LogP contribution is 2.38. The van der Waals surface area contributed by atoms with Crippen LogP contribution >= 0.6 is 23.1 Å². The van der Waals surface area contributed by atoms with Crippen molar-refractivity contribution in [3.05, 3.63) is 52.5 Å². The number of aryl methyl sites for hydroxylation is 1. The average Bonchev–Trinajstić information content (AvgIpc) is 3.19. The minimum atomic E-state index is -0.335. The van der Waals surface area contributed by atoms with Crippen LogP contribution in [0.25, 0.3) is 0 Å². The van der Waals surface area contributed by atoms with Gasteiger partial charge in [0.05, 0.1) is 27.1 Å². The Balaban J connectivity index is 1.67. The van der Waals surface area contributed by atoms with Crippen LogP contribution in [0.1, 0.15) is 20.9 Å². The molecule has 0 saturated carbocycles. The smallest absolute Gasteiger partial charge is 0.257 e. The summed E-state index contributed by atoms with van der Waals surface area (Å²) in [5.74, 6) is 1.59. The van der Waals surface area contributed by atoms with Crippen molar-refractivity contribution >= 4 is 34.1 Å². The van der Waals surface area contributed by atoms with E-state index in [9.17, 15) is 4.79 Å². The Labute approximate surface area is 177 Å². The highest BCUT2D eigenvalue weighted by atomic mass is 32.2. The molecule has 3 rings (SSSR count). The van der Waals surface area contributed by atoms with Gasteiger partial charge in [-0.3, -0.25) is 10.1 Å². The van der Waals surface area contributed by atoms with Crippen LogP contribution in [0.15, 0.2) is 41.3 Å². The predicted molar refractivity (Wildman–Crippen MR) is 115 cm³/mol. The highest BCUT2D eigenvalue weighted by Gasteiger charge is 2.18. The van der Waals surface area contributed by atoms with Crippen LogP contribution in [0.4, 0.5) is 5.13 Å². The molecule has 0 bridgehead atoms. The van der Waals surface area contributed by atoms with Crippen molar-refractivity contribution in [3.8, 4) is 17.2 Å². The second kappa shape index (κ2) is 9.62. The number of anilines is 1. The Morgan fingerprint density at radius 1 is 1.03 bits per heavy atom. The maximum Gasteiger partial charge on any atom is 0.257 e. The van der Waals surface area contributed by atoms with E-state index in [0.717, 1.165) is 9.90 Å². The van der Waals surface area contributed by atoms with Crippen LogP contribution in [0.5, 0.6) is 17.2 Å². The first-order valence-electron chi connectivity index (χ1n) is 8.67. The quantitative estimate of drug-likeness (QED) is 0.529. The average molecular weight is 432 g/mol. The zero-order chi connectivity index (χ0) is 20.8. The van der Waals surface area contributed by atoms with E-state index in [2.05, 4.69) is 46.7 Å². The fourth-order valence-corrected chi connectivity index (χ4v) is 4.14. The van der Waals surface area contributed by atoms with E-state index in [-0.39, 0.29) is 5.91 Å². The standard InChI is InChI=1S/C20H21N3O4S2/c1-12-5-7-14(8-6-12)28-11-17-22-23-20(29-17)21-19(24)13-9-15(25-2)18(27-4)16(10-13)26-3/h5-10H,11H2,1-4H3,(H,21,23,24). The van der Waals surface area contributed by atoms with Crippen molar-refractivity contribution < 1.29 is 19.0 Å². The lowest BCUT2D eigenvalue weighted by Gasteiger charge is -2.13. The molecule has 0 aliphatic carbocycles. The highest BCUT2D eigenvalue weighted by molar-refractivity contribution is 7.98. The van der Waals surface area contributed by atoms with Gasteiger partial charge in [-0.05, 0) is 31.2 Å². The van der Waals surface area contributed by atoms with Gasteiger partial charge in [0.2, 0.25) is 10.9 Å². The van der Waals surface area contributed by atoms with E-state index >= 15 is 0 Å². The van der Waals surface area contributed by atoms with E-state index in [4.69, 9.17) is 14.2 Å². The molecule has 0 radical (unpaired) electrons. The fourth-order valence-electron chi connectivity index (χ4n) is 2.52. The molecule has 1 heterocycles. The van der Waals surface area contributed by atoms with Crippen molar-refractivity contribution in [3.63, 3.8) is 0 Å². The number of carbonyl (C=O) groups excluding carboxylic acids is 1. The molecule has 0 aliphatic rings. The number of aromatic nitrogens is 2. The third kappa shape index (κ3) is 5.18. The SMILES string of the molecule is COc1cc(C(=O)Nc2nnc(CSc3ccc(C)cc3)s2)cc(OC)c1OC. The van der Waals surface area contributed by atoms with Crippen molar-refractivity contribution in [2.45, 2.75) is 17.6 Å². The lowest BCUT2D eigenvalue weighted by molar-refractivity contribution is 0.102. The Bertz CT molecular complexity index is 965. The molecule has 0 spiro atoms. The van der Waals surface area contributed by atoms with Gasteiger partial charge in [-0.15, -0.1) is 22.0 Å². The third-order valence-corrected chi connectivity index (χ3v) is 6.04. The molecule has 1 amide bonds. The zero-order valence-electron chi connectivity index (χ0n) is 16.5. The number of amides is 1. The lowest BCUT2D eigenvalue weighted by Crippen LogP contribution is -2.12. The van der Waals surface area contributed by atoms with E-state index in [1.54, 1.807) is 23.9 Å². The number of carbonyl (C=O) groups is 1. The molecule has 152 valence electrons. The van der Waals surface area contributed by atoms with Gasteiger partial charge in [0.1, 0.15) is 5.01 Å². The Kier molecular flexibility index (Phi) is 6.95. The molecule has 3 aromatic rings. The summed E-state index contributed by atoms with van der Waals surface area (Å²) in [6.45, 7) is 2.06. The molecule has 29 heavy (non-hydrogen) atoms. The molecule has 1 N–H and O–H groups in total. The van der Waals surface area contributed by atoms with Crippen LogP contribution in [0.2, 0.25) is 0 Å². The van der Waals surface area contributed by atoms with E-state index in [0.29, 0.717) is 33.7 Å². The van der Waals surface area contributed by atoms with Crippen molar-refractivity contribution in [2.24, 2.45) is 0 Å². The Morgan fingerprint density at radius 2 is 1.69 bits per heavy atom. The summed E-state index contributed by atoms with van der Waals surface area (Å²) in [5.41, 5.74) is 1.59. The van der Waals surface area contributed by atoms with Gasteiger partial charge in [0.15, 0.2) is 11.5 Å². The molecule has 1 aromatic heterocycles. The molecule has 7 nitrogen and oxygen atoms in total. The third-order valence-electron chi connectivity index (χ3n) is 4.00. The van der Waals surface area contributed by atoms with Crippen LogP contribution in [-0.4, -0.2) is 37.4 Å². The first-order valence-corrected chi connectivity index (χ1v) is 10.5. The van der Waals surface area contributed by atoms with Crippen LogP contribution < -0.4 is 19.5 Å². The first kappa shape index (κ1) is 20.9. The topological polar surface area (TPSA) is 82.6 Å². The number of hydrogen-bond acceptors (Lipinski definition) is 8. The summed E-state index contributed by atoms with van der Waals surface area (Å²) >= 11 is 3.02. The van der Waals surface area contributed by atoms with E-state index in [1.807, 2.05) is 0 Å². The normalized spacial score (nSPS) is 10.5. The number of methoxy groups -OCH3 is 3. The van der Waals surface area contributed by atoms with Crippen molar-refractivity contribution in [1.29, 1.82) is 0 Å². The minimum Gasteiger partial charge on any atom is -0.493 e. The molecule has 2 aromatic carbocycles. The molecule has 0 unspecified atom stereocenters. The second-order valence-corrected chi connectivity index (χ2v) is 8.08. The number of thioether (sulfide) groups is 1. The summed E-state index contributed by atoms with van der Waals surface area (Å²) in [7, 11) is 4.51. The predicted octanol–water partition coefficient (Wildman–Crippen LogP) is 4.42. The molecule has 0 fully saturated rings. The van der Waals surface area contributed by atoms with E-state index < -0.39 is 0 Å². The van der Waals surface area contributed by atoms with Crippen molar-refractivity contribution in [2.75, 3.05) is 26.6 Å². The molecule has 0 aliphatic heterocycles. The number of nitrogens with one attached hydrogen (secondary N) is 1. The maximum atomic E-state index is 12.6. The van der Waals surface area contributed by atoms with Crippen LogP contribution in [0.3, 0.4) is 0 Å². The molecule has 9 heteroatoms. The Hall–Kier alpha value is -2.78. The lowest BCUT2D eigenvalue weighted by atomic mass is 10.1. The van der Waals surface area contributed by atoms with Gasteiger partial charge in [-0.25, -0.2) is 0 Å². The number of hydrogen-bond donors (Lipinski definition) is 1. The van der Waals surface area contributed by atoms with Gasteiger partial charge >= 0.3 is 0 Å². The van der Waals surface area contributed by atoms with Gasteiger partial charge in [0, 0.05) is 10.5 Å². The monoisotopic (exact) mass is 431 g/mol. The summed E-state index contributed by atoms with van der Waals surface area (Å²) < 4.78 is 15.9. The summed E-state index contributed by atoms with van der Waals surface area (Å²) in [4.78, 5) is 13.8. The molecular formula is C20H21N3O4S2. The van der Waals surface area contributed by atoms with Gasteiger partial charge < -0.3 is 14.2 Å². The van der Waals surface area contributed by atoms with Crippen LogP contribution in [-0.2, 0) is 5.75 Å². The molecule has 0 saturated heterocycles. The van der Waals surface area contributed by atoms with Gasteiger partial charge in [0.25, 0.3) is 5.91 Å². The van der Waals surface area contributed by atoms with E-state index in [1.165, 1.54) is 38.2 Å². The minimum absolute atomic E-state index is 0.335. The van der Waals surface area contributed by atoms with Gasteiger partial charge in [-0.1, -0.05) is 29.0 Å². The summed E-state index contributed by atoms with van der Waals surface area (Å²) in [6.07, 6.45) is 0. The number of benzene rings is 2. The maximum absolute atomic E-state index is 12.6. The first-order chi connectivity index (χ1) is 14.0. The molecule has 0 atom stereocenters. The largest absolute Gasteiger partial charge is 0.493 e. The Morgan fingerprint density at radius 3 is 2.28 bits per heavy atom. The number of ether oxygens (including phenoxy) is 3. The fraction of sp³-hybridized carbons (Fsp3) is 0.250. The number of nitrogens with zero attached hydrogens (tertiary/aromatic N) is 2. The second-order valence-electron chi connectivity index (χ2n) is 5.97. The summed E-state index contributed by atoms with van der Waals surface area (Å²) in [5, 5.41) is 12.2. The summed E-state index contributed by atoms with van der Waals surface area (Å²) in [6, 6.07) is 11.5. The zero-order valence-corrected chi connectivity index (χ0v) is 18.1.